The van der Waals surface area contributed by atoms with Crippen LogP contribution in [0, 0.1) is 0 Å². The van der Waals surface area contributed by atoms with Crippen LogP contribution in [0.1, 0.15) is 29.6 Å². The number of benzene rings is 1. The molecule has 0 bridgehead atoms. The maximum atomic E-state index is 12.3. The first-order valence-electron chi connectivity index (χ1n) is 6.33. The molecule has 3 nitrogen and oxygen atoms in total. The summed E-state index contributed by atoms with van der Waals surface area (Å²) in [4.78, 5) is 25.8. The minimum atomic E-state index is -0.0473. The van der Waals surface area contributed by atoms with E-state index in [2.05, 4.69) is 0 Å². The average Bonchev–Trinajstić information content (AvgIpc) is 2.39. The standard InChI is InChI=1S/C14H14ClNO2S/c15-10-1-2-11-12(18)8-14(19-13(11)7-10)3-5-16(9-17)6-4-14/h1-2,7,9H,3-6,8H2. The largest absolute Gasteiger partial charge is 0.345 e. The minimum absolute atomic E-state index is 0.0473. The molecule has 1 saturated heterocycles. The molecule has 0 atom stereocenters. The van der Waals surface area contributed by atoms with Crippen molar-refractivity contribution in [2.75, 3.05) is 13.1 Å². The Morgan fingerprint density at radius 2 is 2.05 bits per heavy atom. The Bertz CT molecular complexity index is 538. The van der Waals surface area contributed by atoms with Gasteiger partial charge in [0.2, 0.25) is 6.41 Å². The molecule has 2 heterocycles. The van der Waals surface area contributed by atoms with Gasteiger partial charge >= 0.3 is 0 Å². The van der Waals surface area contributed by atoms with E-state index in [4.69, 9.17) is 11.6 Å². The molecule has 0 N–H and O–H groups in total. The topological polar surface area (TPSA) is 37.4 Å². The first-order valence-corrected chi connectivity index (χ1v) is 7.52. The van der Waals surface area contributed by atoms with Gasteiger partial charge in [-0.05, 0) is 31.0 Å². The van der Waals surface area contributed by atoms with Gasteiger partial charge in [-0.15, -0.1) is 11.8 Å². The quantitative estimate of drug-likeness (QED) is 0.748. The second kappa shape index (κ2) is 4.84. The molecule has 3 rings (SSSR count). The molecule has 2 aliphatic heterocycles. The van der Waals surface area contributed by atoms with Crippen molar-refractivity contribution >= 4 is 35.6 Å². The smallest absolute Gasteiger partial charge is 0.209 e. The number of fused-ring (bicyclic) bond motifs is 1. The summed E-state index contributed by atoms with van der Waals surface area (Å²) in [6.45, 7) is 1.47. The lowest BCUT2D eigenvalue weighted by Gasteiger charge is -2.42. The van der Waals surface area contributed by atoms with Crippen LogP contribution < -0.4 is 0 Å². The number of hydrogen-bond acceptors (Lipinski definition) is 3. The van der Waals surface area contributed by atoms with E-state index in [-0.39, 0.29) is 10.5 Å². The van der Waals surface area contributed by atoms with Crippen molar-refractivity contribution < 1.29 is 9.59 Å². The van der Waals surface area contributed by atoms with Gasteiger partial charge in [0.05, 0.1) is 0 Å². The third kappa shape index (κ3) is 2.39. The molecule has 1 amide bonds. The van der Waals surface area contributed by atoms with Crippen molar-refractivity contribution in [3.8, 4) is 0 Å². The molecule has 0 aliphatic carbocycles. The van der Waals surface area contributed by atoms with Crippen LogP contribution in [0.25, 0.3) is 0 Å². The van der Waals surface area contributed by atoms with E-state index < -0.39 is 0 Å². The maximum Gasteiger partial charge on any atom is 0.209 e. The molecule has 0 aromatic heterocycles. The molecule has 0 saturated carbocycles. The highest BCUT2D eigenvalue weighted by atomic mass is 35.5. The molecule has 100 valence electrons. The zero-order valence-corrected chi connectivity index (χ0v) is 12.0. The number of ketones is 1. The summed E-state index contributed by atoms with van der Waals surface area (Å²) >= 11 is 7.78. The second-order valence-electron chi connectivity index (χ2n) is 5.17. The number of rotatable bonds is 1. The van der Waals surface area contributed by atoms with E-state index in [1.54, 1.807) is 22.7 Å². The lowest BCUT2D eigenvalue weighted by Crippen LogP contribution is -2.44. The number of hydrogen-bond donors (Lipinski definition) is 0. The Labute approximate surface area is 121 Å². The molecular formula is C14H14ClNO2S. The second-order valence-corrected chi connectivity index (χ2v) is 7.11. The molecule has 1 aromatic rings. The van der Waals surface area contributed by atoms with Crippen LogP contribution in [0.2, 0.25) is 5.02 Å². The summed E-state index contributed by atoms with van der Waals surface area (Å²) in [5.74, 6) is 0.199. The lowest BCUT2D eigenvalue weighted by molar-refractivity contribution is -0.119. The maximum absolute atomic E-state index is 12.3. The molecule has 1 fully saturated rings. The minimum Gasteiger partial charge on any atom is -0.345 e. The number of halogens is 1. The van der Waals surface area contributed by atoms with E-state index in [1.165, 1.54) is 0 Å². The van der Waals surface area contributed by atoms with Crippen LogP contribution in [0.15, 0.2) is 23.1 Å². The Balaban J connectivity index is 1.88. The average molecular weight is 296 g/mol. The van der Waals surface area contributed by atoms with Crippen molar-refractivity contribution in [1.82, 2.24) is 4.90 Å². The first-order chi connectivity index (χ1) is 9.12. The number of likely N-dealkylation sites (tertiary alicyclic amines) is 1. The van der Waals surface area contributed by atoms with Gasteiger partial charge in [0.1, 0.15) is 0 Å². The Kier molecular flexibility index (Phi) is 3.31. The van der Waals surface area contributed by atoms with Gasteiger partial charge in [-0.3, -0.25) is 9.59 Å². The van der Waals surface area contributed by atoms with Crippen molar-refractivity contribution in [1.29, 1.82) is 0 Å². The molecule has 19 heavy (non-hydrogen) atoms. The molecule has 5 heteroatoms. The van der Waals surface area contributed by atoms with Crippen LogP contribution in [-0.2, 0) is 4.79 Å². The predicted octanol–water partition coefficient (Wildman–Crippen LogP) is 3.01. The number of amides is 1. The third-order valence-corrected chi connectivity index (χ3v) is 5.69. The molecule has 2 aliphatic rings. The summed E-state index contributed by atoms with van der Waals surface area (Å²) in [6, 6.07) is 5.47. The number of carbonyl (C=O) groups excluding carboxylic acids is 2. The van der Waals surface area contributed by atoms with E-state index in [0.717, 1.165) is 42.8 Å². The van der Waals surface area contributed by atoms with E-state index in [9.17, 15) is 9.59 Å². The fourth-order valence-electron chi connectivity index (χ4n) is 2.78. The molecule has 1 spiro atoms. The van der Waals surface area contributed by atoms with E-state index in [1.807, 2.05) is 12.1 Å². The van der Waals surface area contributed by atoms with Gasteiger partial charge in [-0.25, -0.2) is 0 Å². The van der Waals surface area contributed by atoms with Crippen molar-refractivity contribution in [3.05, 3.63) is 28.8 Å². The van der Waals surface area contributed by atoms with E-state index >= 15 is 0 Å². The first kappa shape index (κ1) is 13.0. The Morgan fingerprint density at radius 1 is 1.32 bits per heavy atom. The summed E-state index contributed by atoms with van der Waals surface area (Å²) < 4.78 is -0.0473. The lowest BCUT2D eigenvalue weighted by atomic mass is 9.88. The number of Topliss-reactive ketones (excluding diaryl/α,β-unsaturated/α-hetero) is 1. The summed E-state index contributed by atoms with van der Waals surface area (Å²) in [6.07, 6.45) is 3.20. The molecule has 0 radical (unpaired) electrons. The van der Waals surface area contributed by atoms with Gasteiger partial charge in [0.15, 0.2) is 5.78 Å². The molecular weight excluding hydrogens is 282 g/mol. The van der Waals surface area contributed by atoms with Crippen LogP contribution >= 0.6 is 23.4 Å². The van der Waals surface area contributed by atoms with Crippen LogP contribution in [0.5, 0.6) is 0 Å². The summed E-state index contributed by atoms with van der Waals surface area (Å²) in [7, 11) is 0. The SMILES string of the molecule is O=CN1CCC2(CC1)CC(=O)c1ccc(Cl)cc1S2. The van der Waals surface area contributed by atoms with Gasteiger partial charge in [-0.1, -0.05) is 11.6 Å². The van der Waals surface area contributed by atoms with Crippen LogP contribution in [0.3, 0.4) is 0 Å². The number of nitrogens with zero attached hydrogens (tertiary/aromatic N) is 1. The highest BCUT2D eigenvalue weighted by Gasteiger charge is 2.41. The van der Waals surface area contributed by atoms with Gasteiger partial charge in [0.25, 0.3) is 0 Å². The normalized spacial score (nSPS) is 21.3. The van der Waals surface area contributed by atoms with Gasteiger partial charge < -0.3 is 4.90 Å². The van der Waals surface area contributed by atoms with Gasteiger partial charge in [-0.2, -0.15) is 0 Å². The number of thioether (sulfide) groups is 1. The van der Waals surface area contributed by atoms with Crippen LogP contribution in [0.4, 0.5) is 0 Å². The molecule has 0 unspecified atom stereocenters. The zero-order valence-electron chi connectivity index (χ0n) is 10.4. The van der Waals surface area contributed by atoms with Gasteiger partial charge in [0, 0.05) is 39.7 Å². The third-order valence-electron chi connectivity index (χ3n) is 3.91. The highest BCUT2D eigenvalue weighted by molar-refractivity contribution is 8.01. The predicted molar refractivity (Wildman–Crippen MR) is 75.9 cm³/mol. The van der Waals surface area contributed by atoms with Crippen molar-refractivity contribution in [3.63, 3.8) is 0 Å². The highest BCUT2D eigenvalue weighted by Crippen LogP contribution is 2.49. The van der Waals surface area contributed by atoms with E-state index in [0.29, 0.717) is 11.4 Å². The summed E-state index contributed by atoms with van der Waals surface area (Å²) in [5, 5.41) is 0.668. The zero-order chi connectivity index (χ0) is 13.5. The van der Waals surface area contributed by atoms with Crippen molar-refractivity contribution in [2.24, 2.45) is 0 Å². The monoisotopic (exact) mass is 295 g/mol. The number of piperidine rings is 1. The van der Waals surface area contributed by atoms with Crippen molar-refractivity contribution in [2.45, 2.75) is 28.9 Å². The Morgan fingerprint density at radius 3 is 2.74 bits per heavy atom. The fourth-order valence-corrected chi connectivity index (χ4v) is 4.55. The van der Waals surface area contributed by atoms with Crippen LogP contribution in [-0.4, -0.2) is 34.9 Å². The Hall–Kier alpha value is -1.000. The number of carbonyl (C=O) groups is 2. The molecule has 1 aromatic carbocycles. The summed E-state index contributed by atoms with van der Waals surface area (Å²) in [5.41, 5.74) is 0.790. The fraction of sp³-hybridized carbons (Fsp3) is 0.429.